The van der Waals surface area contributed by atoms with Gasteiger partial charge in [-0.2, -0.15) is 0 Å². The molecule has 9 nitrogen and oxygen atoms in total. The van der Waals surface area contributed by atoms with Crippen molar-refractivity contribution in [1.82, 2.24) is 5.32 Å². The number of furan rings is 1. The fourth-order valence-corrected chi connectivity index (χ4v) is 4.29. The molecule has 2 aromatic heterocycles. The second-order valence-corrected chi connectivity index (χ2v) is 8.56. The van der Waals surface area contributed by atoms with Gasteiger partial charge in [-0.3, -0.25) is 9.52 Å². The molecule has 29 heavy (non-hydrogen) atoms. The van der Waals surface area contributed by atoms with Gasteiger partial charge in [0, 0.05) is 6.07 Å². The summed E-state index contributed by atoms with van der Waals surface area (Å²) in [5.41, 5.74) is -0.133. The maximum atomic E-state index is 12.2. The number of thiophene rings is 1. The second kappa shape index (κ2) is 8.80. The molecule has 0 spiro atoms. The van der Waals surface area contributed by atoms with Crippen molar-refractivity contribution in [2.45, 2.75) is 10.8 Å². The van der Waals surface area contributed by atoms with Crippen LogP contribution >= 0.6 is 11.3 Å². The highest BCUT2D eigenvalue weighted by atomic mass is 32.2. The third-order valence-corrected chi connectivity index (χ3v) is 6.38. The van der Waals surface area contributed by atoms with E-state index in [9.17, 15) is 23.1 Å². The van der Waals surface area contributed by atoms with E-state index >= 15 is 0 Å². The van der Waals surface area contributed by atoms with Gasteiger partial charge in [0.25, 0.3) is 15.9 Å². The van der Waals surface area contributed by atoms with Crippen molar-refractivity contribution in [3.05, 3.63) is 65.4 Å². The zero-order valence-corrected chi connectivity index (χ0v) is 16.5. The molecule has 0 fully saturated rings. The quantitative estimate of drug-likeness (QED) is 0.461. The van der Waals surface area contributed by atoms with Gasteiger partial charge in [-0.1, -0.05) is 6.07 Å². The van der Waals surface area contributed by atoms with Crippen LogP contribution in [0.15, 0.2) is 62.7 Å². The second-order valence-electron chi connectivity index (χ2n) is 5.70. The number of amides is 1. The Balaban J connectivity index is 1.56. The number of hydrogen-bond acceptors (Lipinski definition) is 8. The van der Waals surface area contributed by atoms with E-state index < -0.39 is 34.3 Å². The summed E-state index contributed by atoms with van der Waals surface area (Å²) in [5, 5.41) is 14.2. The van der Waals surface area contributed by atoms with Crippen LogP contribution in [0.5, 0.6) is 5.75 Å². The van der Waals surface area contributed by atoms with Gasteiger partial charge in [-0.05, 0) is 35.7 Å². The molecule has 1 amide bonds. The smallest absolute Gasteiger partial charge is 0.342 e. The van der Waals surface area contributed by atoms with E-state index in [2.05, 4.69) is 10.0 Å². The van der Waals surface area contributed by atoms with Crippen molar-refractivity contribution in [2.24, 2.45) is 0 Å². The Morgan fingerprint density at radius 3 is 2.66 bits per heavy atom. The van der Waals surface area contributed by atoms with Crippen LogP contribution in [0.1, 0.15) is 16.1 Å². The highest BCUT2D eigenvalue weighted by Crippen LogP contribution is 2.26. The summed E-state index contributed by atoms with van der Waals surface area (Å²) in [4.78, 5) is 23.8. The minimum atomic E-state index is -3.79. The first kappa shape index (κ1) is 20.4. The lowest BCUT2D eigenvalue weighted by Gasteiger charge is -2.10. The number of rotatable bonds is 8. The summed E-state index contributed by atoms with van der Waals surface area (Å²) in [6, 6.07) is 9.98. The lowest BCUT2D eigenvalue weighted by Crippen LogP contribution is -2.28. The number of ether oxygens (including phenoxy) is 1. The Morgan fingerprint density at radius 1 is 1.17 bits per heavy atom. The molecule has 0 saturated carbocycles. The molecular weight excluding hydrogens is 420 g/mol. The average molecular weight is 436 g/mol. The molecule has 0 saturated heterocycles. The number of hydrogen-bond donors (Lipinski definition) is 3. The number of nitrogens with one attached hydrogen (secondary N) is 2. The molecule has 0 aliphatic carbocycles. The fourth-order valence-electron chi connectivity index (χ4n) is 2.25. The van der Waals surface area contributed by atoms with E-state index in [1.54, 1.807) is 23.6 Å². The Labute approximate surface area is 170 Å². The molecule has 11 heteroatoms. The van der Waals surface area contributed by atoms with Crippen LogP contribution in [0, 0.1) is 0 Å². The average Bonchev–Trinajstić information content (AvgIpc) is 3.38. The fraction of sp³-hybridized carbons (Fsp3) is 0.111. The van der Waals surface area contributed by atoms with Crippen LogP contribution in [-0.4, -0.2) is 32.0 Å². The number of benzene rings is 1. The summed E-state index contributed by atoms with van der Waals surface area (Å²) in [7, 11) is -3.79. The van der Waals surface area contributed by atoms with E-state index in [4.69, 9.17) is 9.15 Å². The molecule has 3 rings (SSSR count). The van der Waals surface area contributed by atoms with Gasteiger partial charge in [-0.25, -0.2) is 13.2 Å². The maximum absolute atomic E-state index is 12.2. The van der Waals surface area contributed by atoms with Gasteiger partial charge >= 0.3 is 5.97 Å². The first-order valence-electron chi connectivity index (χ1n) is 8.21. The number of phenolic OH excluding ortho intramolecular Hbond substituents is 1. The normalized spacial score (nSPS) is 11.0. The molecule has 0 atom stereocenters. The van der Waals surface area contributed by atoms with E-state index in [0.717, 1.165) is 17.4 Å². The molecule has 3 N–H and O–H groups in total. The number of carbonyl (C=O) groups is 2. The number of sulfonamides is 1. The van der Waals surface area contributed by atoms with Crippen LogP contribution < -0.4 is 10.0 Å². The third-order valence-electron chi connectivity index (χ3n) is 3.60. The van der Waals surface area contributed by atoms with Gasteiger partial charge in [0.05, 0.1) is 18.5 Å². The molecule has 3 aromatic rings. The van der Waals surface area contributed by atoms with Gasteiger partial charge in [-0.15, -0.1) is 11.3 Å². The number of phenols is 1. The van der Waals surface area contributed by atoms with Crippen LogP contribution in [-0.2, 0) is 26.1 Å². The first-order valence-corrected chi connectivity index (χ1v) is 10.6. The Kier molecular flexibility index (Phi) is 6.20. The summed E-state index contributed by atoms with van der Waals surface area (Å²) in [6.07, 6.45) is 1.47. The lowest BCUT2D eigenvalue weighted by molar-refractivity contribution is -0.124. The van der Waals surface area contributed by atoms with E-state index in [0.29, 0.717) is 5.76 Å². The van der Waals surface area contributed by atoms with Gasteiger partial charge in [0.15, 0.2) is 6.61 Å². The van der Waals surface area contributed by atoms with Crippen LogP contribution in [0.25, 0.3) is 0 Å². The number of aromatic hydroxyl groups is 1. The molecule has 2 heterocycles. The van der Waals surface area contributed by atoms with Crippen LogP contribution in [0.2, 0.25) is 0 Å². The van der Waals surface area contributed by atoms with Crippen molar-refractivity contribution in [3.8, 4) is 5.75 Å². The first-order chi connectivity index (χ1) is 13.8. The zero-order valence-electron chi connectivity index (χ0n) is 14.8. The maximum Gasteiger partial charge on any atom is 0.342 e. The summed E-state index contributed by atoms with van der Waals surface area (Å²) >= 11 is 1.04. The molecule has 1 aromatic carbocycles. The van der Waals surface area contributed by atoms with E-state index in [-0.39, 0.29) is 22.0 Å². The molecule has 152 valence electrons. The summed E-state index contributed by atoms with van der Waals surface area (Å²) in [6.45, 7) is -0.403. The standard InChI is InChI=1S/C18H16N2O7S2/c21-15-9-12(20-29(24,25)17-4-2-8-28-17)5-6-14(15)18(23)27-11-16(22)19-10-13-3-1-7-26-13/h1-9,20-21H,10-11H2,(H,19,22). The van der Waals surface area contributed by atoms with Gasteiger partial charge in [0.1, 0.15) is 21.3 Å². The van der Waals surface area contributed by atoms with Crippen LogP contribution in [0.4, 0.5) is 5.69 Å². The van der Waals surface area contributed by atoms with E-state index in [1.807, 2.05) is 0 Å². The lowest BCUT2D eigenvalue weighted by atomic mass is 10.2. The Morgan fingerprint density at radius 2 is 2.00 bits per heavy atom. The molecule has 0 radical (unpaired) electrons. The third kappa shape index (κ3) is 5.36. The molecular formula is C18H16N2O7S2. The summed E-state index contributed by atoms with van der Waals surface area (Å²) in [5.74, 6) is -1.42. The predicted octanol–water partition coefficient (Wildman–Crippen LogP) is 2.32. The van der Waals surface area contributed by atoms with Crippen molar-refractivity contribution >= 4 is 38.9 Å². The SMILES string of the molecule is O=C(COC(=O)c1ccc(NS(=O)(=O)c2cccs2)cc1O)NCc1ccco1. The number of carbonyl (C=O) groups excluding carboxylic acids is 2. The molecule has 0 unspecified atom stereocenters. The van der Waals surface area contributed by atoms with E-state index in [1.165, 1.54) is 24.5 Å². The number of esters is 1. The largest absolute Gasteiger partial charge is 0.507 e. The van der Waals surface area contributed by atoms with Crippen LogP contribution in [0.3, 0.4) is 0 Å². The minimum Gasteiger partial charge on any atom is -0.507 e. The van der Waals surface area contributed by atoms with Gasteiger partial charge in [0.2, 0.25) is 0 Å². The monoisotopic (exact) mass is 436 g/mol. The highest BCUT2D eigenvalue weighted by molar-refractivity contribution is 7.94. The predicted molar refractivity (Wildman–Crippen MR) is 104 cm³/mol. The van der Waals surface area contributed by atoms with Crippen molar-refractivity contribution in [2.75, 3.05) is 11.3 Å². The highest BCUT2D eigenvalue weighted by Gasteiger charge is 2.18. The van der Waals surface area contributed by atoms with Gasteiger partial charge < -0.3 is 19.6 Å². The topological polar surface area (TPSA) is 135 Å². The van der Waals surface area contributed by atoms with Crippen molar-refractivity contribution in [1.29, 1.82) is 0 Å². The summed E-state index contributed by atoms with van der Waals surface area (Å²) < 4.78 is 36.7. The minimum absolute atomic E-state index is 0.0728. The Bertz CT molecular complexity index is 1090. The van der Waals surface area contributed by atoms with Crippen molar-refractivity contribution < 1.29 is 32.3 Å². The zero-order chi connectivity index (χ0) is 20.9. The van der Waals surface area contributed by atoms with Crippen molar-refractivity contribution in [3.63, 3.8) is 0 Å². The molecule has 0 aliphatic rings. The molecule has 0 aliphatic heterocycles. The molecule has 0 bridgehead atoms. The number of anilines is 1. The Hall–Kier alpha value is -3.31.